The Morgan fingerprint density at radius 1 is 1.18 bits per heavy atom. The third-order valence-corrected chi connectivity index (χ3v) is 3.44. The molecule has 8 heteroatoms. The lowest BCUT2D eigenvalue weighted by atomic mass is 10.1. The van der Waals surface area contributed by atoms with E-state index in [1.165, 1.54) is 6.07 Å². The Kier molecular flexibility index (Phi) is 5.58. The molecule has 0 heterocycles. The lowest BCUT2D eigenvalue weighted by Crippen LogP contribution is -2.26. The van der Waals surface area contributed by atoms with Gasteiger partial charge in [0.1, 0.15) is 14.1 Å². The number of hydrogen-bond donors (Lipinski definition) is 3. The molecular weight excluding hydrogens is 316 g/mol. The van der Waals surface area contributed by atoms with E-state index in [1.54, 1.807) is 6.07 Å². The summed E-state index contributed by atoms with van der Waals surface area (Å²) in [6.45, 7) is 6.33. The molecule has 0 aliphatic heterocycles. The van der Waals surface area contributed by atoms with Gasteiger partial charge < -0.3 is 17.2 Å². The van der Waals surface area contributed by atoms with Gasteiger partial charge in [-0.05, 0) is 12.1 Å². The maximum atomic E-state index is 9.07. The number of hydrogen-bond acceptors (Lipinski definition) is 2. The van der Waals surface area contributed by atoms with E-state index in [2.05, 4.69) is 41.1 Å². The molecule has 0 amide bonds. The van der Waals surface area contributed by atoms with Gasteiger partial charge in [0.25, 0.3) is 0 Å². The predicted octanol–water partition coefficient (Wildman–Crippen LogP) is 1.66. The molecule has 0 saturated carbocycles. The van der Waals surface area contributed by atoms with Crippen molar-refractivity contribution in [3.63, 3.8) is 0 Å². The van der Waals surface area contributed by atoms with Gasteiger partial charge in [-0.2, -0.15) is 10.3 Å². The lowest BCUT2D eigenvalue weighted by molar-refractivity contribution is 1.37. The van der Waals surface area contributed by atoms with Gasteiger partial charge in [0, 0.05) is 0 Å². The van der Waals surface area contributed by atoms with Crippen LogP contribution in [0.25, 0.3) is 0 Å². The molecule has 0 fully saturated rings. The maximum Gasteiger partial charge on any atom is 0.223 e. The molecule has 1 aromatic carbocycles. The van der Waals surface area contributed by atoms with Crippen LogP contribution in [0.15, 0.2) is 22.1 Å². The molecule has 0 spiro atoms. The van der Waals surface area contributed by atoms with Crippen LogP contribution in [0.2, 0.25) is 24.7 Å². The lowest BCUT2D eigenvalue weighted by Gasteiger charge is -2.06. The van der Waals surface area contributed by atoms with Crippen molar-refractivity contribution in [2.45, 2.75) is 19.6 Å². The monoisotopic (exact) mass is 332 g/mol. The highest BCUT2D eigenvalue weighted by Crippen LogP contribution is 2.27. The van der Waals surface area contributed by atoms with Gasteiger partial charge in [-0.1, -0.05) is 37.2 Å². The minimum absolute atomic E-state index is 0.114. The molecule has 114 valence electrons. The zero-order valence-electron chi connectivity index (χ0n) is 12.6. The number of nitriles is 1. The number of rotatable bonds is 1. The van der Waals surface area contributed by atoms with Gasteiger partial charge in [0.2, 0.25) is 5.96 Å². The number of nitrogens with zero attached hydrogens (tertiary/aromatic N) is 3. The standard InChI is InChI=1S/C14H17ClN6Si/c1-22(2,3)5-4-9-6-10(8-16)11(15)7-12(9)20-14(19)21-13(17)18/h6-7H,1-3H3,(H6,17,18,19,20,21). The smallest absolute Gasteiger partial charge is 0.223 e. The van der Waals surface area contributed by atoms with Crippen LogP contribution in [-0.2, 0) is 0 Å². The normalized spacial score (nSPS) is 11.1. The van der Waals surface area contributed by atoms with Gasteiger partial charge >= 0.3 is 0 Å². The fourth-order valence-corrected chi connectivity index (χ4v) is 2.09. The number of guanidine groups is 2. The fraction of sp³-hybridized carbons (Fsp3) is 0.214. The summed E-state index contributed by atoms with van der Waals surface area (Å²) >= 11 is 6.02. The Balaban J connectivity index is 3.49. The van der Waals surface area contributed by atoms with E-state index in [0.717, 1.165) is 0 Å². The molecule has 0 saturated heterocycles. The van der Waals surface area contributed by atoms with E-state index in [-0.39, 0.29) is 16.9 Å². The Morgan fingerprint density at radius 2 is 1.82 bits per heavy atom. The van der Waals surface area contributed by atoms with Crippen molar-refractivity contribution in [2.24, 2.45) is 27.2 Å². The molecule has 22 heavy (non-hydrogen) atoms. The quantitative estimate of drug-likeness (QED) is 0.313. The first kappa shape index (κ1) is 17.6. The molecule has 0 aliphatic rings. The Bertz CT molecular complexity index is 740. The zero-order chi connectivity index (χ0) is 16.9. The highest BCUT2D eigenvalue weighted by atomic mass is 35.5. The maximum absolute atomic E-state index is 9.07. The van der Waals surface area contributed by atoms with E-state index in [4.69, 9.17) is 34.1 Å². The van der Waals surface area contributed by atoms with E-state index in [9.17, 15) is 0 Å². The van der Waals surface area contributed by atoms with Crippen LogP contribution in [0.1, 0.15) is 11.1 Å². The van der Waals surface area contributed by atoms with Crippen molar-refractivity contribution in [1.82, 2.24) is 0 Å². The minimum Gasteiger partial charge on any atom is -0.370 e. The van der Waals surface area contributed by atoms with Gasteiger partial charge in [-0.3, -0.25) is 0 Å². The molecular formula is C14H17ClN6Si. The first-order chi connectivity index (χ1) is 10.1. The van der Waals surface area contributed by atoms with E-state index < -0.39 is 8.07 Å². The Hall–Kier alpha value is -2.48. The number of halogens is 1. The highest BCUT2D eigenvalue weighted by molar-refractivity contribution is 6.83. The summed E-state index contributed by atoms with van der Waals surface area (Å²) in [4.78, 5) is 7.75. The van der Waals surface area contributed by atoms with Gasteiger partial charge in [0.15, 0.2) is 5.96 Å². The SMILES string of the molecule is C[Si](C)(C)C#Cc1cc(C#N)c(Cl)cc1N=C(N)N=C(N)N. The largest absolute Gasteiger partial charge is 0.370 e. The molecule has 0 radical (unpaired) electrons. The summed E-state index contributed by atoms with van der Waals surface area (Å²) in [5, 5.41) is 9.33. The number of aliphatic imine (C=N–C) groups is 2. The van der Waals surface area contributed by atoms with Crippen molar-refractivity contribution in [3.05, 3.63) is 28.3 Å². The second-order valence-corrected chi connectivity index (χ2v) is 10.6. The van der Waals surface area contributed by atoms with Gasteiger partial charge in [0.05, 0.1) is 21.8 Å². The molecule has 0 aromatic heterocycles. The molecule has 0 atom stereocenters. The summed E-state index contributed by atoms with van der Waals surface area (Å²) in [6, 6.07) is 5.11. The van der Waals surface area contributed by atoms with Crippen molar-refractivity contribution < 1.29 is 0 Å². The predicted molar refractivity (Wildman–Crippen MR) is 93.5 cm³/mol. The van der Waals surface area contributed by atoms with Crippen LogP contribution in [0, 0.1) is 22.8 Å². The van der Waals surface area contributed by atoms with E-state index in [0.29, 0.717) is 16.8 Å². The average molecular weight is 333 g/mol. The van der Waals surface area contributed by atoms with E-state index in [1.807, 2.05) is 6.07 Å². The van der Waals surface area contributed by atoms with Crippen molar-refractivity contribution in [2.75, 3.05) is 0 Å². The second-order valence-electron chi connectivity index (χ2n) is 5.47. The summed E-state index contributed by atoms with van der Waals surface area (Å²) < 4.78 is 0. The minimum atomic E-state index is -1.59. The molecule has 0 aliphatic carbocycles. The summed E-state index contributed by atoms with van der Waals surface area (Å²) in [7, 11) is -1.59. The summed E-state index contributed by atoms with van der Waals surface area (Å²) in [5.41, 5.74) is 20.6. The molecule has 6 N–H and O–H groups in total. The highest BCUT2D eigenvalue weighted by Gasteiger charge is 2.10. The van der Waals surface area contributed by atoms with Gasteiger partial charge in [-0.15, -0.1) is 5.54 Å². The van der Waals surface area contributed by atoms with Crippen LogP contribution in [0.5, 0.6) is 0 Å². The van der Waals surface area contributed by atoms with Crippen LogP contribution >= 0.6 is 11.6 Å². The average Bonchev–Trinajstić information content (AvgIpc) is 2.35. The third-order valence-electron chi connectivity index (χ3n) is 2.26. The Labute approximate surface area is 135 Å². The van der Waals surface area contributed by atoms with Crippen LogP contribution in [-0.4, -0.2) is 20.0 Å². The second kappa shape index (κ2) is 6.99. The molecule has 0 unspecified atom stereocenters. The summed E-state index contributed by atoms with van der Waals surface area (Å²) in [6.07, 6.45) is 0. The van der Waals surface area contributed by atoms with E-state index >= 15 is 0 Å². The molecule has 6 nitrogen and oxygen atoms in total. The van der Waals surface area contributed by atoms with Crippen LogP contribution in [0.4, 0.5) is 5.69 Å². The zero-order valence-corrected chi connectivity index (χ0v) is 14.4. The summed E-state index contributed by atoms with van der Waals surface area (Å²) in [5.74, 6) is 2.73. The molecule has 1 rings (SSSR count). The fourth-order valence-electron chi connectivity index (χ4n) is 1.38. The molecule has 0 bridgehead atoms. The van der Waals surface area contributed by atoms with Crippen molar-refractivity contribution in [3.8, 4) is 17.5 Å². The third kappa shape index (κ3) is 5.48. The van der Waals surface area contributed by atoms with Crippen LogP contribution < -0.4 is 17.2 Å². The topological polar surface area (TPSA) is 127 Å². The first-order valence-electron chi connectivity index (χ1n) is 6.33. The molecule has 1 aromatic rings. The first-order valence-corrected chi connectivity index (χ1v) is 10.2. The van der Waals surface area contributed by atoms with Gasteiger partial charge in [-0.25, -0.2) is 4.99 Å². The Morgan fingerprint density at radius 3 is 2.32 bits per heavy atom. The van der Waals surface area contributed by atoms with Crippen molar-refractivity contribution in [1.29, 1.82) is 5.26 Å². The van der Waals surface area contributed by atoms with Crippen molar-refractivity contribution >= 4 is 37.3 Å². The number of nitrogens with two attached hydrogens (primary N) is 3. The number of benzene rings is 1. The van der Waals surface area contributed by atoms with Crippen LogP contribution in [0.3, 0.4) is 0 Å².